The zero-order chi connectivity index (χ0) is 11.5. The minimum atomic E-state index is 0.00249. The fraction of sp³-hybridized carbons (Fsp3) is 0.125. The molecule has 0 bridgehead atoms. The number of nitrogens with zero attached hydrogens (tertiary/aromatic N) is 3. The van der Waals surface area contributed by atoms with E-state index in [-0.39, 0.29) is 5.96 Å². The molecule has 0 aliphatic heterocycles. The van der Waals surface area contributed by atoms with Crippen LogP contribution in [0.25, 0.3) is 10.7 Å². The van der Waals surface area contributed by atoms with Crippen molar-refractivity contribution in [3.8, 4) is 10.7 Å². The second-order valence-electron chi connectivity index (χ2n) is 2.89. The first kappa shape index (κ1) is 11.0. The predicted octanol–water partition coefficient (Wildman–Crippen LogP) is 0.630. The SMILES string of the molecule is NCc1cnc(-c2csc(N=C(N)N)n2)s1. The Kier molecular flexibility index (Phi) is 3.13. The van der Waals surface area contributed by atoms with E-state index >= 15 is 0 Å². The summed E-state index contributed by atoms with van der Waals surface area (Å²) < 4.78 is 0. The Hall–Kier alpha value is -1.51. The number of nitrogens with two attached hydrogens (primary N) is 3. The standard InChI is InChI=1S/C8H10N6S2/c9-1-4-2-12-6(16-4)5-3-15-8(13-5)14-7(10)11/h2-3H,1,9H2,(H4,10,11,13,14). The third kappa shape index (κ3) is 2.35. The van der Waals surface area contributed by atoms with E-state index in [1.807, 2.05) is 5.38 Å². The van der Waals surface area contributed by atoms with Gasteiger partial charge in [0.1, 0.15) is 10.7 Å². The Balaban J connectivity index is 2.27. The van der Waals surface area contributed by atoms with Gasteiger partial charge in [0.25, 0.3) is 0 Å². The molecule has 2 aromatic heterocycles. The lowest BCUT2D eigenvalue weighted by atomic mass is 10.5. The largest absolute Gasteiger partial charge is 0.370 e. The summed E-state index contributed by atoms with van der Waals surface area (Å²) in [6.45, 7) is 0.489. The first-order valence-corrected chi connectivity index (χ1v) is 6.09. The van der Waals surface area contributed by atoms with Crippen molar-refractivity contribution in [2.45, 2.75) is 6.54 Å². The van der Waals surface area contributed by atoms with E-state index in [2.05, 4.69) is 15.0 Å². The maximum absolute atomic E-state index is 5.51. The lowest BCUT2D eigenvalue weighted by Gasteiger charge is -1.87. The molecule has 0 spiro atoms. The molecule has 2 aromatic rings. The van der Waals surface area contributed by atoms with Crippen LogP contribution in [0.2, 0.25) is 0 Å². The number of thiazole rings is 2. The first-order chi connectivity index (χ1) is 7.69. The Labute approximate surface area is 99.9 Å². The van der Waals surface area contributed by atoms with E-state index < -0.39 is 0 Å². The van der Waals surface area contributed by atoms with E-state index in [1.165, 1.54) is 22.7 Å². The van der Waals surface area contributed by atoms with Crippen LogP contribution < -0.4 is 17.2 Å². The number of hydrogen-bond donors (Lipinski definition) is 3. The summed E-state index contributed by atoms with van der Waals surface area (Å²) in [6, 6.07) is 0. The molecule has 0 saturated heterocycles. The fourth-order valence-corrected chi connectivity index (χ4v) is 2.56. The second kappa shape index (κ2) is 4.56. The minimum absolute atomic E-state index is 0.00249. The highest BCUT2D eigenvalue weighted by Gasteiger charge is 2.08. The average Bonchev–Trinajstić information content (AvgIpc) is 2.83. The molecule has 2 heterocycles. The van der Waals surface area contributed by atoms with Gasteiger partial charge in [-0.2, -0.15) is 4.99 Å². The van der Waals surface area contributed by atoms with Gasteiger partial charge in [0.2, 0.25) is 5.13 Å². The van der Waals surface area contributed by atoms with Gasteiger partial charge in [0.05, 0.1) is 0 Å². The molecule has 0 radical (unpaired) electrons. The van der Waals surface area contributed by atoms with Gasteiger partial charge in [-0.3, -0.25) is 0 Å². The summed E-state index contributed by atoms with van der Waals surface area (Å²) in [4.78, 5) is 13.4. The topological polar surface area (TPSA) is 116 Å². The van der Waals surface area contributed by atoms with E-state index in [0.717, 1.165) is 15.6 Å². The van der Waals surface area contributed by atoms with Crippen LogP contribution in [0.15, 0.2) is 16.6 Å². The van der Waals surface area contributed by atoms with Crippen LogP contribution in [0.4, 0.5) is 5.13 Å². The summed E-state index contributed by atoms with van der Waals surface area (Å²) in [6.07, 6.45) is 1.75. The fourth-order valence-electron chi connectivity index (χ4n) is 1.04. The smallest absolute Gasteiger partial charge is 0.212 e. The Morgan fingerprint density at radius 2 is 2.25 bits per heavy atom. The number of aliphatic imine (C=N–C) groups is 1. The van der Waals surface area contributed by atoms with Crippen LogP contribution in [-0.2, 0) is 6.54 Å². The van der Waals surface area contributed by atoms with Crippen molar-refractivity contribution in [3.63, 3.8) is 0 Å². The number of hydrogen-bond acceptors (Lipinski definition) is 6. The molecule has 0 unspecified atom stereocenters. The molecule has 8 heteroatoms. The number of aromatic nitrogens is 2. The molecule has 2 rings (SSSR count). The van der Waals surface area contributed by atoms with E-state index in [1.54, 1.807) is 6.20 Å². The van der Waals surface area contributed by atoms with Gasteiger partial charge < -0.3 is 17.2 Å². The zero-order valence-corrected chi connectivity index (χ0v) is 9.88. The highest BCUT2D eigenvalue weighted by molar-refractivity contribution is 7.16. The van der Waals surface area contributed by atoms with Crippen molar-refractivity contribution in [2.75, 3.05) is 0 Å². The van der Waals surface area contributed by atoms with E-state index in [9.17, 15) is 0 Å². The van der Waals surface area contributed by atoms with Crippen molar-refractivity contribution >= 4 is 33.8 Å². The summed E-state index contributed by atoms with van der Waals surface area (Å²) in [5.74, 6) is 0.00249. The molecule has 6 N–H and O–H groups in total. The maximum Gasteiger partial charge on any atom is 0.212 e. The third-order valence-corrected chi connectivity index (χ3v) is 3.47. The van der Waals surface area contributed by atoms with Crippen LogP contribution in [-0.4, -0.2) is 15.9 Å². The summed E-state index contributed by atoms with van der Waals surface area (Å²) in [7, 11) is 0. The minimum Gasteiger partial charge on any atom is -0.370 e. The van der Waals surface area contributed by atoms with Crippen LogP contribution in [0.1, 0.15) is 4.88 Å². The molecule has 0 fully saturated rings. The molecular weight excluding hydrogens is 244 g/mol. The van der Waals surface area contributed by atoms with Gasteiger partial charge >= 0.3 is 0 Å². The van der Waals surface area contributed by atoms with Crippen LogP contribution in [0.5, 0.6) is 0 Å². The van der Waals surface area contributed by atoms with Crippen molar-refractivity contribution in [2.24, 2.45) is 22.2 Å². The normalized spacial score (nSPS) is 10.3. The van der Waals surface area contributed by atoms with Crippen molar-refractivity contribution in [1.29, 1.82) is 0 Å². The highest BCUT2D eigenvalue weighted by Crippen LogP contribution is 2.29. The maximum atomic E-state index is 5.51. The van der Waals surface area contributed by atoms with Gasteiger partial charge in [-0.25, -0.2) is 9.97 Å². The highest BCUT2D eigenvalue weighted by atomic mass is 32.1. The van der Waals surface area contributed by atoms with E-state index in [4.69, 9.17) is 17.2 Å². The van der Waals surface area contributed by atoms with Crippen LogP contribution >= 0.6 is 22.7 Å². The van der Waals surface area contributed by atoms with Crippen molar-refractivity contribution in [3.05, 3.63) is 16.5 Å². The molecule has 0 atom stereocenters. The van der Waals surface area contributed by atoms with Gasteiger partial charge in [-0.15, -0.1) is 22.7 Å². The number of rotatable bonds is 3. The first-order valence-electron chi connectivity index (χ1n) is 4.39. The van der Waals surface area contributed by atoms with Gasteiger partial charge in [0, 0.05) is 23.0 Å². The Morgan fingerprint density at radius 1 is 1.44 bits per heavy atom. The van der Waals surface area contributed by atoms with Crippen molar-refractivity contribution in [1.82, 2.24) is 9.97 Å². The van der Waals surface area contributed by atoms with Gasteiger partial charge in [0.15, 0.2) is 5.96 Å². The lowest BCUT2D eigenvalue weighted by molar-refractivity contribution is 1.10. The molecule has 84 valence electrons. The molecular formula is C8H10N6S2. The molecule has 6 nitrogen and oxygen atoms in total. The molecule has 16 heavy (non-hydrogen) atoms. The molecule has 0 amide bonds. The Bertz CT molecular complexity index is 510. The van der Waals surface area contributed by atoms with Crippen molar-refractivity contribution < 1.29 is 0 Å². The molecule has 0 aliphatic rings. The zero-order valence-electron chi connectivity index (χ0n) is 8.25. The van der Waals surface area contributed by atoms with Crippen LogP contribution in [0.3, 0.4) is 0 Å². The summed E-state index contributed by atoms with van der Waals surface area (Å²) in [5.41, 5.74) is 16.8. The monoisotopic (exact) mass is 254 g/mol. The quantitative estimate of drug-likeness (QED) is 0.548. The third-order valence-electron chi connectivity index (χ3n) is 1.69. The van der Waals surface area contributed by atoms with E-state index in [0.29, 0.717) is 11.7 Å². The second-order valence-corrected chi connectivity index (χ2v) is 4.84. The lowest BCUT2D eigenvalue weighted by Crippen LogP contribution is -2.21. The van der Waals surface area contributed by atoms with Gasteiger partial charge in [-0.1, -0.05) is 0 Å². The molecule has 0 aliphatic carbocycles. The molecule has 0 aromatic carbocycles. The average molecular weight is 254 g/mol. The Morgan fingerprint density at radius 3 is 2.88 bits per heavy atom. The van der Waals surface area contributed by atoms with Crippen LogP contribution in [0, 0.1) is 0 Å². The summed E-state index contributed by atoms with van der Waals surface area (Å²) in [5, 5.41) is 3.22. The molecule has 0 saturated carbocycles. The predicted molar refractivity (Wildman–Crippen MR) is 66.6 cm³/mol. The summed E-state index contributed by atoms with van der Waals surface area (Å²) >= 11 is 2.88. The number of guanidine groups is 1. The van der Waals surface area contributed by atoms with Gasteiger partial charge in [-0.05, 0) is 0 Å².